The molecule has 4 atom stereocenters. The zero-order valence-corrected chi connectivity index (χ0v) is 7.68. The minimum atomic E-state index is 0.444. The van der Waals surface area contributed by atoms with Crippen LogP contribution in [0.3, 0.4) is 0 Å². The number of fused-ring (bicyclic) bond motifs is 5. The molecule has 0 aromatic rings. The van der Waals surface area contributed by atoms with E-state index in [1.54, 1.807) is 0 Å². The lowest BCUT2D eigenvalue weighted by atomic mass is 9.69. The molecule has 0 aliphatic heterocycles. The van der Waals surface area contributed by atoms with Gasteiger partial charge in [-0.1, -0.05) is 6.92 Å². The first-order valence-electron chi connectivity index (χ1n) is 5.24. The second-order valence-corrected chi connectivity index (χ2v) is 5.22. The van der Waals surface area contributed by atoms with Gasteiger partial charge in [0.2, 0.25) is 0 Å². The number of Topliss-reactive ketones (excluding diaryl/α,β-unsaturated/α-hetero) is 1. The number of carbonyl (C=O) groups is 1. The molecule has 3 fully saturated rings. The summed E-state index contributed by atoms with van der Waals surface area (Å²) < 4.78 is 0. The molecule has 3 aliphatic rings. The molecule has 0 radical (unpaired) electrons. The number of carbonyl (C=O) groups excluding carboxylic acids is 1. The molecular weight excluding hydrogens is 148 g/mol. The molecule has 3 saturated carbocycles. The van der Waals surface area contributed by atoms with Crippen LogP contribution < -0.4 is 0 Å². The monoisotopic (exact) mass is 164 g/mol. The van der Waals surface area contributed by atoms with Crippen LogP contribution in [0.15, 0.2) is 0 Å². The van der Waals surface area contributed by atoms with Crippen molar-refractivity contribution in [2.24, 2.45) is 23.2 Å². The highest BCUT2D eigenvalue weighted by Gasteiger charge is 2.60. The molecule has 0 heterocycles. The van der Waals surface area contributed by atoms with Crippen molar-refractivity contribution in [2.45, 2.75) is 39.0 Å². The molecule has 0 aromatic heterocycles. The van der Waals surface area contributed by atoms with Crippen LogP contribution in [0.25, 0.3) is 0 Å². The Morgan fingerprint density at radius 3 is 3.00 bits per heavy atom. The van der Waals surface area contributed by atoms with Crippen LogP contribution in [0.2, 0.25) is 0 Å². The van der Waals surface area contributed by atoms with E-state index in [0.717, 1.165) is 18.3 Å². The summed E-state index contributed by atoms with van der Waals surface area (Å²) in [5.41, 5.74) is 0.444. The molecule has 0 aromatic carbocycles. The van der Waals surface area contributed by atoms with Crippen molar-refractivity contribution in [3.05, 3.63) is 0 Å². The van der Waals surface area contributed by atoms with E-state index in [4.69, 9.17) is 0 Å². The maximum Gasteiger partial charge on any atom is 0.136 e. The molecule has 66 valence electrons. The van der Waals surface area contributed by atoms with E-state index in [1.807, 2.05) is 0 Å². The molecule has 12 heavy (non-hydrogen) atoms. The van der Waals surface area contributed by atoms with E-state index < -0.39 is 0 Å². The van der Waals surface area contributed by atoms with Crippen molar-refractivity contribution >= 4 is 5.78 Å². The average Bonchev–Trinajstić information content (AvgIpc) is 2.63. The summed E-state index contributed by atoms with van der Waals surface area (Å²) in [4.78, 5) is 11.7. The van der Waals surface area contributed by atoms with Crippen LogP contribution in [-0.2, 0) is 4.79 Å². The molecular formula is C11H16O. The number of ketones is 1. The summed E-state index contributed by atoms with van der Waals surface area (Å²) in [6, 6.07) is 0. The Balaban J connectivity index is 2.05. The largest absolute Gasteiger partial charge is 0.299 e. The summed E-state index contributed by atoms with van der Waals surface area (Å²) in [6.07, 6.45) is 6.19. The van der Waals surface area contributed by atoms with E-state index >= 15 is 0 Å². The SMILES string of the molecule is C[C@]12CCC(=O)[C@H]1[C@@H]1CC[C@H]2C1. The molecule has 3 aliphatic carbocycles. The second kappa shape index (κ2) is 1.94. The Kier molecular flexibility index (Phi) is 1.15. The third-order valence-electron chi connectivity index (χ3n) is 4.84. The highest BCUT2D eigenvalue weighted by atomic mass is 16.1. The Labute approximate surface area is 73.5 Å². The highest BCUT2D eigenvalue weighted by Crippen LogP contribution is 2.64. The van der Waals surface area contributed by atoms with Gasteiger partial charge in [-0.25, -0.2) is 0 Å². The van der Waals surface area contributed by atoms with Crippen LogP contribution in [0.1, 0.15) is 39.0 Å². The van der Waals surface area contributed by atoms with Gasteiger partial charge >= 0.3 is 0 Å². The molecule has 3 rings (SSSR count). The minimum Gasteiger partial charge on any atom is -0.299 e. The molecule has 1 heteroatoms. The fourth-order valence-corrected chi connectivity index (χ4v) is 4.25. The van der Waals surface area contributed by atoms with Gasteiger partial charge in [0.1, 0.15) is 5.78 Å². The third-order valence-corrected chi connectivity index (χ3v) is 4.84. The standard InChI is InChI=1S/C11H16O/c1-11-5-4-9(12)10(11)7-2-3-8(11)6-7/h7-8,10H,2-6H2,1H3/t7-,8+,10-,11-/m1/s1. The van der Waals surface area contributed by atoms with Crippen molar-refractivity contribution < 1.29 is 4.79 Å². The van der Waals surface area contributed by atoms with E-state index in [0.29, 0.717) is 17.1 Å². The molecule has 2 bridgehead atoms. The quantitative estimate of drug-likeness (QED) is 0.537. The van der Waals surface area contributed by atoms with Crippen LogP contribution in [0.4, 0.5) is 0 Å². The lowest BCUT2D eigenvalue weighted by Gasteiger charge is -2.34. The maximum absolute atomic E-state index is 11.7. The highest BCUT2D eigenvalue weighted by molar-refractivity contribution is 5.85. The first-order chi connectivity index (χ1) is 5.72. The van der Waals surface area contributed by atoms with Crippen LogP contribution in [0.5, 0.6) is 0 Å². The van der Waals surface area contributed by atoms with Gasteiger partial charge < -0.3 is 0 Å². The minimum absolute atomic E-state index is 0.444. The molecule has 0 N–H and O–H groups in total. The van der Waals surface area contributed by atoms with Crippen molar-refractivity contribution in [3.63, 3.8) is 0 Å². The van der Waals surface area contributed by atoms with Gasteiger partial charge in [0.05, 0.1) is 0 Å². The van der Waals surface area contributed by atoms with Crippen molar-refractivity contribution in [2.75, 3.05) is 0 Å². The van der Waals surface area contributed by atoms with E-state index in [-0.39, 0.29) is 0 Å². The Morgan fingerprint density at radius 1 is 1.42 bits per heavy atom. The zero-order chi connectivity index (χ0) is 8.34. The van der Waals surface area contributed by atoms with Crippen molar-refractivity contribution in [3.8, 4) is 0 Å². The van der Waals surface area contributed by atoms with Crippen molar-refractivity contribution in [1.29, 1.82) is 0 Å². The van der Waals surface area contributed by atoms with E-state index in [1.165, 1.54) is 25.7 Å². The molecule has 0 amide bonds. The maximum atomic E-state index is 11.7. The summed E-state index contributed by atoms with van der Waals surface area (Å²) in [5, 5.41) is 0. The fraction of sp³-hybridized carbons (Fsp3) is 0.909. The molecule has 1 nitrogen and oxygen atoms in total. The van der Waals surface area contributed by atoms with Gasteiger partial charge in [0.15, 0.2) is 0 Å². The predicted molar refractivity (Wildman–Crippen MR) is 46.7 cm³/mol. The Morgan fingerprint density at radius 2 is 2.25 bits per heavy atom. The zero-order valence-electron chi connectivity index (χ0n) is 7.68. The van der Waals surface area contributed by atoms with E-state index in [9.17, 15) is 4.79 Å². The Bertz CT molecular complexity index is 245. The fourth-order valence-electron chi connectivity index (χ4n) is 4.25. The number of hydrogen-bond donors (Lipinski definition) is 0. The summed E-state index contributed by atoms with van der Waals surface area (Å²) in [5.74, 6) is 2.76. The predicted octanol–water partition coefficient (Wildman–Crippen LogP) is 2.40. The second-order valence-electron chi connectivity index (χ2n) is 5.22. The first kappa shape index (κ1) is 7.11. The summed E-state index contributed by atoms with van der Waals surface area (Å²) in [6.45, 7) is 2.37. The van der Waals surface area contributed by atoms with Crippen molar-refractivity contribution in [1.82, 2.24) is 0 Å². The lowest BCUT2D eigenvalue weighted by molar-refractivity contribution is -0.123. The number of rotatable bonds is 0. The van der Waals surface area contributed by atoms with Crippen LogP contribution in [0, 0.1) is 23.2 Å². The topological polar surface area (TPSA) is 17.1 Å². The summed E-state index contributed by atoms with van der Waals surface area (Å²) >= 11 is 0. The van der Waals surface area contributed by atoms with Gasteiger partial charge in [0, 0.05) is 12.3 Å². The molecule has 0 unspecified atom stereocenters. The van der Waals surface area contributed by atoms with Crippen LogP contribution in [-0.4, -0.2) is 5.78 Å². The Hall–Kier alpha value is -0.330. The number of hydrogen-bond acceptors (Lipinski definition) is 1. The third kappa shape index (κ3) is 0.605. The van der Waals surface area contributed by atoms with E-state index in [2.05, 4.69) is 6.92 Å². The van der Waals surface area contributed by atoms with Gasteiger partial charge in [-0.05, 0) is 42.9 Å². The lowest BCUT2D eigenvalue weighted by Crippen LogP contribution is -2.31. The van der Waals surface area contributed by atoms with Gasteiger partial charge in [0.25, 0.3) is 0 Å². The van der Waals surface area contributed by atoms with Gasteiger partial charge in [-0.15, -0.1) is 0 Å². The first-order valence-corrected chi connectivity index (χ1v) is 5.24. The normalized spacial score (nSPS) is 56.4. The van der Waals surface area contributed by atoms with Gasteiger partial charge in [-0.2, -0.15) is 0 Å². The van der Waals surface area contributed by atoms with Gasteiger partial charge in [-0.3, -0.25) is 4.79 Å². The smallest absolute Gasteiger partial charge is 0.136 e. The average molecular weight is 164 g/mol. The molecule has 0 saturated heterocycles. The van der Waals surface area contributed by atoms with Crippen LogP contribution >= 0.6 is 0 Å². The summed E-state index contributed by atoms with van der Waals surface area (Å²) in [7, 11) is 0. The molecule has 0 spiro atoms.